The number of nitrogens with zero attached hydrogens (tertiary/aromatic N) is 1. The minimum atomic E-state index is -0.570. The average molecular weight is 408 g/mol. The van der Waals surface area contributed by atoms with Gasteiger partial charge in [0.1, 0.15) is 6.54 Å². The van der Waals surface area contributed by atoms with Gasteiger partial charge in [-0.2, -0.15) is 0 Å². The number of imide groups is 1. The lowest BCUT2D eigenvalue weighted by atomic mass is 10.1. The van der Waals surface area contributed by atoms with Crippen LogP contribution in [0.5, 0.6) is 0 Å². The molecule has 3 aromatic rings. The maximum Gasteiger partial charge on any atom is 0.326 e. The van der Waals surface area contributed by atoms with Gasteiger partial charge in [0.15, 0.2) is 12.4 Å². The first-order valence-electron chi connectivity index (χ1n) is 9.85. The zero-order valence-corrected chi connectivity index (χ0v) is 17.3. The van der Waals surface area contributed by atoms with E-state index in [1.54, 1.807) is 24.3 Å². The fourth-order valence-electron chi connectivity index (χ4n) is 3.27. The highest BCUT2D eigenvalue weighted by atomic mass is 16.2. The van der Waals surface area contributed by atoms with Crippen LogP contribution >= 0.6 is 0 Å². The first kappa shape index (κ1) is 21.2. The van der Waals surface area contributed by atoms with Gasteiger partial charge in [0, 0.05) is 5.69 Å². The van der Waals surface area contributed by atoms with Crippen molar-refractivity contribution < 1.29 is 14.5 Å². The summed E-state index contributed by atoms with van der Waals surface area (Å²) in [6.45, 7) is 6.86. The number of carbonyl (C=O) groups is 2. The molecule has 4 N–H and O–H groups in total. The van der Waals surface area contributed by atoms with E-state index in [1.165, 1.54) is 0 Å². The number of amides is 3. The van der Waals surface area contributed by atoms with Crippen LogP contribution in [-0.4, -0.2) is 35.0 Å². The van der Waals surface area contributed by atoms with Crippen LogP contribution in [0, 0.1) is 13.8 Å². The Hall–Kier alpha value is -3.52. The van der Waals surface area contributed by atoms with Gasteiger partial charge in [-0.25, -0.2) is 9.78 Å². The zero-order valence-electron chi connectivity index (χ0n) is 17.3. The van der Waals surface area contributed by atoms with Crippen LogP contribution in [0.1, 0.15) is 23.9 Å². The second-order valence-electron chi connectivity index (χ2n) is 7.31. The van der Waals surface area contributed by atoms with Crippen LogP contribution in [0.15, 0.2) is 47.3 Å². The molecule has 8 nitrogen and oxygen atoms in total. The summed E-state index contributed by atoms with van der Waals surface area (Å²) in [5.41, 5.74) is 3.08. The number of H-pyrrole nitrogens is 1. The molecule has 1 heterocycles. The predicted molar refractivity (Wildman–Crippen MR) is 116 cm³/mol. The summed E-state index contributed by atoms with van der Waals surface area (Å²) in [4.78, 5) is 44.8. The first-order valence-corrected chi connectivity index (χ1v) is 9.85. The Bertz CT molecular complexity index is 1140. The SMILES string of the molecule is CC[NH+](CC(=O)NC(=O)Nc1ccc(C)cc1C)Cc1nc2ccccc2c(=O)[nH]1. The Morgan fingerprint density at radius 2 is 1.90 bits per heavy atom. The van der Waals surface area contributed by atoms with Crippen molar-refractivity contribution in [2.75, 3.05) is 18.4 Å². The third-order valence-corrected chi connectivity index (χ3v) is 4.87. The summed E-state index contributed by atoms with van der Waals surface area (Å²) in [6, 6.07) is 12.2. The second-order valence-corrected chi connectivity index (χ2v) is 7.31. The van der Waals surface area contributed by atoms with E-state index in [0.717, 1.165) is 16.0 Å². The molecule has 0 saturated heterocycles. The summed E-state index contributed by atoms with van der Waals surface area (Å²) in [5, 5.41) is 5.58. The van der Waals surface area contributed by atoms with Gasteiger partial charge in [0.2, 0.25) is 0 Å². The Labute approximate surface area is 174 Å². The van der Waals surface area contributed by atoms with Crippen LogP contribution in [0.2, 0.25) is 0 Å². The third-order valence-electron chi connectivity index (χ3n) is 4.87. The van der Waals surface area contributed by atoms with Gasteiger partial charge in [-0.1, -0.05) is 29.8 Å². The molecular formula is C22H26N5O3+. The molecule has 0 aliphatic rings. The van der Waals surface area contributed by atoms with E-state index in [1.807, 2.05) is 39.0 Å². The second kappa shape index (κ2) is 9.32. The van der Waals surface area contributed by atoms with Crippen molar-refractivity contribution >= 4 is 28.5 Å². The van der Waals surface area contributed by atoms with Crippen LogP contribution in [0.3, 0.4) is 0 Å². The number of urea groups is 1. The molecular weight excluding hydrogens is 382 g/mol. The number of hydrogen-bond donors (Lipinski definition) is 4. The highest BCUT2D eigenvalue weighted by molar-refractivity contribution is 6.01. The van der Waals surface area contributed by atoms with E-state index in [4.69, 9.17) is 0 Å². The number of aromatic nitrogens is 2. The minimum Gasteiger partial charge on any atom is -0.321 e. The summed E-state index contributed by atoms with van der Waals surface area (Å²) < 4.78 is 0. The fourth-order valence-corrected chi connectivity index (χ4v) is 3.27. The number of rotatable bonds is 6. The number of likely N-dealkylation sites (N-methyl/N-ethyl adjacent to an activating group) is 1. The molecule has 0 radical (unpaired) electrons. The van der Waals surface area contributed by atoms with E-state index in [2.05, 4.69) is 20.6 Å². The minimum absolute atomic E-state index is 0.0767. The molecule has 0 bridgehead atoms. The molecule has 3 rings (SSSR count). The van der Waals surface area contributed by atoms with Gasteiger partial charge in [-0.05, 0) is 44.5 Å². The summed E-state index contributed by atoms with van der Waals surface area (Å²) in [7, 11) is 0. The Kier molecular flexibility index (Phi) is 6.58. The quantitative estimate of drug-likeness (QED) is 0.493. The lowest BCUT2D eigenvalue weighted by Crippen LogP contribution is -3.11. The molecule has 0 spiro atoms. The number of carbonyl (C=O) groups excluding carboxylic acids is 2. The van der Waals surface area contributed by atoms with Crippen molar-refractivity contribution in [3.8, 4) is 0 Å². The van der Waals surface area contributed by atoms with Crippen molar-refractivity contribution in [3.05, 3.63) is 69.8 Å². The Morgan fingerprint density at radius 1 is 1.13 bits per heavy atom. The molecule has 30 heavy (non-hydrogen) atoms. The highest BCUT2D eigenvalue weighted by Crippen LogP contribution is 2.15. The standard InChI is InChI=1S/C22H25N5O3/c1-4-27(12-19-23-18-8-6-5-7-16(18)21(29)25-19)13-20(28)26-22(30)24-17-10-9-14(2)11-15(17)3/h5-11H,4,12-13H2,1-3H3,(H,23,25,29)(H2,24,26,28,30)/p+1. The largest absolute Gasteiger partial charge is 0.326 e. The van der Waals surface area contributed by atoms with Crippen molar-refractivity contribution in [3.63, 3.8) is 0 Å². The van der Waals surface area contributed by atoms with E-state index in [0.29, 0.717) is 35.5 Å². The molecule has 1 unspecified atom stereocenters. The molecule has 0 aliphatic carbocycles. The van der Waals surface area contributed by atoms with Gasteiger partial charge < -0.3 is 15.2 Å². The third kappa shape index (κ3) is 5.30. The summed E-state index contributed by atoms with van der Waals surface area (Å²) in [6.07, 6.45) is 0. The highest BCUT2D eigenvalue weighted by Gasteiger charge is 2.17. The number of anilines is 1. The van der Waals surface area contributed by atoms with Crippen LogP contribution in [0.25, 0.3) is 10.9 Å². The number of quaternary nitrogens is 1. The van der Waals surface area contributed by atoms with Gasteiger partial charge >= 0.3 is 6.03 Å². The van der Waals surface area contributed by atoms with Gasteiger partial charge in [0.25, 0.3) is 11.5 Å². The molecule has 8 heteroatoms. The van der Waals surface area contributed by atoms with Crippen molar-refractivity contribution in [1.82, 2.24) is 15.3 Å². The van der Waals surface area contributed by atoms with Crippen molar-refractivity contribution in [2.24, 2.45) is 0 Å². The molecule has 1 aromatic heterocycles. The Balaban J connectivity index is 1.60. The molecule has 1 atom stereocenters. The number of benzene rings is 2. The first-order chi connectivity index (χ1) is 14.4. The molecule has 0 aliphatic heterocycles. The Morgan fingerprint density at radius 3 is 2.63 bits per heavy atom. The number of nitrogens with one attached hydrogen (secondary N) is 4. The van der Waals surface area contributed by atoms with Gasteiger partial charge in [-0.15, -0.1) is 0 Å². The average Bonchev–Trinajstić information content (AvgIpc) is 2.69. The maximum absolute atomic E-state index is 12.3. The monoisotopic (exact) mass is 408 g/mol. The zero-order chi connectivity index (χ0) is 21.7. The molecule has 0 fully saturated rings. The van der Waals surface area contributed by atoms with Crippen LogP contribution in [0.4, 0.5) is 10.5 Å². The van der Waals surface area contributed by atoms with Gasteiger partial charge in [-0.3, -0.25) is 14.9 Å². The number of hydrogen-bond acceptors (Lipinski definition) is 4. The topological polar surface area (TPSA) is 108 Å². The number of aryl methyl sites for hydroxylation is 2. The maximum atomic E-state index is 12.3. The number of fused-ring (bicyclic) bond motifs is 1. The van der Waals surface area contributed by atoms with E-state index < -0.39 is 11.9 Å². The van der Waals surface area contributed by atoms with E-state index in [9.17, 15) is 14.4 Å². The van der Waals surface area contributed by atoms with Crippen molar-refractivity contribution in [2.45, 2.75) is 27.3 Å². The van der Waals surface area contributed by atoms with Gasteiger partial charge in [0.05, 0.1) is 17.4 Å². The fraction of sp³-hybridized carbons (Fsp3) is 0.273. The number of para-hydroxylation sites is 1. The summed E-state index contributed by atoms with van der Waals surface area (Å²) in [5.74, 6) is 0.0975. The summed E-state index contributed by atoms with van der Waals surface area (Å²) >= 11 is 0. The number of aromatic amines is 1. The van der Waals surface area contributed by atoms with E-state index >= 15 is 0 Å². The smallest absolute Gasteiger partial charge is 0.321 e. The van der Waals surface area contributed by atoms with Crippen LogP contribution < -0.4 is 21.1 Å². The van der Waals surface area contributed by atoms with Crippen molar-refractivity contribution in [1.29, 1.82) is 0 Å². The normalized spacial score (nSPS) is 11.8. The lowest BCUT2D eigenvalue weighted by Gasteiger charge is -2.17. The van der Waals surface area contributed by atoms with E-state index in [-0.39, 0.29) is 12.1 Å². The molecule has 2 aromatic carbocycles. The predicted octanol–water partition coefficient (Wildman–Crippen LogP) is 1.29. The van der Waals surface area contributed by atoms with Crippen LogP contribution in [-0.2, 0) is 11.3 Å². The lowest BCUT2D eigenvalue weighted by molar-refractivity contribution is -0.904. The molecule has 0 saturated carbocycles. The molecule has 156 valence electrons. The molecule has 3 amide bonds.